The van der Waals surface area contributed by atoms with E-state index in [1.807, 2.05) is 26.0 Å². The molecule has 0 amide bonds. The number of Topliss-reactive ketones (excluding diaryl/α,β-unsaturated/α-hetero) is 1. The molecule has 1 heterocycles. The van der Waals surface area contributed by atoms with Crippen molar-refractivity contribution in [2.45, 2.75) is 107 Å². The molecule has 0 saturated carbocycles. The second kappa shape index (κ2) is 12.2. The molecule has 0 bridgehead atoms. The zero-order valence-corrected chi connectivity index (χ0v) is 30.9. The van der Waals surface area contributed by atoms with Crippen molar-refractivity contribution in [1.82, 2.24) is 0 Å². The zero-order chi connectivity index (χ0) is 35.4. The molecule has 0 saturated heterocycles. The van der Waals surface area contributed by atoms with E-state index >= 15 is 0 Å². The van der Waals surface area contributed by atoms with Crippen LogP contribution >= 0.6 is 0 Å². The van der Waals surface area contributed by atoms with Gasteiger partial charge in [-0.3, -0.25) is 4.79 Å². The lowest BCUT2D eigenvalue weighted by Crippen LogP contribution is -2.31. The number of ketones is 1. The van der Waals surface area contributed by atoms with Gasteiger partial charge < -0.3 is 14.3 Å². The number of hydrogen-bond donors (Lipinski definition) is 0. The summed E-state index contributed by atoms with van der Waals surface area (Å²) in [5.74, 6) is 2.94. The number of aryl methyl sites for hydroxylation is 1. The molecule has 3 aromatic carbocycles. The predicted octanol–water partition coefficient (Wildman–Crippen LogP) is 11.4. The van der Waals surface area contributed by atoms with E-state index in [9.17, 15) is 9.59 Å². The second-order valence-corrected chi connectivity index (χ2v) is 17.4. The molecular weight excluding hydrogens is 592 g/mol. The first-order chi connectivity index (χ1) is 22.2. The minimum Gasteiger partial charge on any atom is -0.462 e. The van der Waals surface area contributed by atoms with Crippen molar-refractivity contribution in [2.75, 3.05) is 0 Å². The Balaban J connectivity index is 1.58. The van der Waals surface area contributed by atoms with E-state index in [-0.39, 0.29) is 22.0 Å². The lowest BCUT2D eigenvalue weighted by Gasteiger charge is -2.38. The van der Waals surface area contributed by atoms with Crippen molar-refractivity contribution in [3.63, 3.8) is 0 Å². The molecular formula is C44H54O4. The van der Waals surface area contributed by atoms with Crippen LogP contribution in [0.5, 0.6) is 17.2 Å². The Kier molecular flexibility index (Phi) is 8.99. The number of rotatable bonds is 11. The molecule has 3 aromatic rings. The molecule has 254 valence electrons. The summed E-state index contributed by atoms with van der Waals surface area (Å²) < 4.78 is 13.2. The standard InChI is InChI=1S/C44H54O4/c1-13-30-14-17-34-33(21-30)37(46)24-44(34)35-18-15-31(20-28(2)42(9,10)26-41(7,8)27-45)22-38(35)48-39-23-32(16-19-36(39)44)47-29(3)43(11,12)25-40(4,5)6/h14-19,21-23,27H,2-3,13,20,24-26H2,1,4-12H3. The smallest absolute Gasteiger partial charge is 0.164 e. The average Bonchev–Trinajstić information content (AvgIpc) is 3.26. The first kappa shape index (κ1) is 35.4. The van der Waals surface area contributed by atoms with Gasteiger partial charge in [0.2, 0.25) is 0 Å². The summed E-state index contributed by atoms with van der Waals surface area (Å²) in [5.41, 5.74) is 5.60. The monoisotopic (exact) mass is 646 g/mol. The van der Waals surface area contributed by atoms with Gasteiger partial charge in [0.05, 0.1) is 5.41 Å². The lowest BCUT2D eigenvalue weighted by atomic mass is 9.68. The van der Waals surface area contributed by atoms with E-state index in [4.69, 9.17) is 9.47 Å². The maximum atomic E-state index is 13.8. The van der Waals surface area contributed by atoms with Gasteiger partial charge in [0, 0.05) is 40.0 Å². The molecule has 0 aromatic heterocycles. The molecule has 48 heavy (non-hydrogen) atoms. The summed E-state index contributed by atoms with van der Waals surface area (Å²) in [7, 11) is 0. The summed E-state index contributed by atoms with van der Waals surface area (Å²) >= 11 is 0. The van der Waals surface area contributed by atoms with Crippen molar-refractivity contribution in [2.24, 2.45) is 21.7 Å². The van der Waals surface area contributed by atoms with Crippen LogP contribution in [-0.4, -0.2) is 12.1 Å². The number of ether oxygens (including phenoxy) is 2. The van der Waals surface area contributed by atoms with Crippen molar-refractivity contribution >= 4 is 12.1 Å². The Labute approximate surface area is 288 Å². The van der Waals surface area contributed by atoms with E-state index < -0.39 is 10.8 Å². The van der Waals surface area contributed by atoms with Crippen molar-refractivity contribution in [3.8, 4) is 17.2 Å². The number of aldehydes is 1. The normalized spacial score (nSPS) is 17.3. The molecule has 1 aliphatic heterocycles. The molecule has 2 aliphatic rings. The number of benzene rings is 3. The largest absolute Gasteiger partial charge is 0.462 e. The summed E-state index contributed by atoms with van der Waals surface area (Å²) in [6.45, 7) is 30.2. The Morgan fingerprint density at radius 2 is 1.42 bits per heavy atom. The Morgan fingerprint density at radius 3 is 2.04 bits per heavy atom. The first-order valence-electron chi connectivity index (χ1n) is 17.4. The van der Waals surface area contributed by atoms with Crippen LogP contribution in [0.4, 0.5) is 0 Å². The van der Waals surface area contributed by atoms with Gasteiger partial charge >= 0.3 is 0 Å². The van der Waals surface area contributed by atoms with Crippen molar-refractivity contribution in [1.29, 1.82) is 0 Å². The number of fused-ring (bicyclic) bond motifs is 6. The van der Waals surface area contributed by atoms with Crippen molar-refractivity contribution in [3.05, 3.63) is 112 Å². The number of carbonyl (C=O) groups is 2. The average molecular weight is 647 g/mol. The third kappa shape index (κ3) is 6.68. The predicted molar refractivity (Wildman–Crippen MR) is 196 cm³/mol. The van der Waals surface area contributed by atoms with Gasteiger partial charge in [0.25, 0.3) is 0 Å². The van der Waals surface area contributed by atoms with E-state index in [1.54, 1.807) is 0 Å². The topological polar surface area (TPSA) is 52.6 Å². The Hall–Kier alpha value is -3.92. The summed E-state index contributed by atoms with van der Waals surface area (Å²) in [6.07, 6.45) is 4.53. The highest BCUT2D eigenvalue weighted by Gasteiger charge is 2.51. The minimum atomic E-state index is -0.675. The number of allylic oxidation sites excluding steroid dienone is 2. The molecule has 1 aliphatic carbocycles. The van der Waals surface area contributed by atoms with Gasteiger partial charge in [0.1, 0.15) is 29.3 Å². The van der Waals surface area contributed by atoms with Crippen molar-refractivity contribution < 1.29 is 19.1 Å². The minimum absolute atomic E-state index is 0.119. The summed E-state index contributed by atoms with van der Waals surface area (Å²) in [5, 5.41) is 0. The van der Waals surface area contributed by atoms with E-state index in [0.717, 1.165) is 63.8 Å². The molecule has 1 unspecified atom stereocenters. The highest BCUT2D eigenvalue weighted by atomic mass is 16.5. The maximum absolute atomic E-state index is 13.8. The fourth-order valence-corrected chi connectivity index (χ4v) is 8.20. The van der Waals surface area contributed by atoms with Crippen LogP contribution in [0.2, 0.25) is 0 Å². The molecule has 4 heteroatoms. The van der Waals surface area contributed by atoms with Crippen LogP contribution in [0.1, 0.15) is 127 Å². The molecule has 1 spiro atoms. The van der Waals surface area contributed by atoms with Gasteiger partial charge in [-0.15, -0.1) is 0 Å². The first-order valence-corrected chi connectivity index (χ1v) is 17.4. The molecule has 0 N–H and O–H groups in total. The van der Waals surface area contributed by atoms with Gasteiger partial charge in [-0.1, -0.05) is 118 Å². The van der Waals surface area contributed by atoms with Crippen LogP contribution in [-0.2, 0) is 23.1 Å². The SMILES string of the molecule is C=C(Cc1ccc2c(c1)Oc1cc(OC(=C)C(C)(C)CC(C)(C)C)ccc1C21CC(=O)c2cc(CC)ccc21)C(C)(C)CC(C)(C)C=O. The zero-order valence-electron chi connectivity index (χ0n) is 30.9. The van der Waals surface area contributed by atoms with Gasteiger partial charge in [-0.2, -0.15) is 0 Å². The third-order valence-corrected chi connectivity index (χ3v) is 10.4. The molecule has 1 atom stereocenters. The Morgan fingerprint density at radius 1 is 0.812 bits per heavy atom. The maximum Gasteiger partial charge on any atom is 0.164 e. The highest BCUT2D eigenvalue weighted by Crippen LogP contribution is 2.58. The quantitative estimate of drug-likeness (QED) is 0.118. The summed E-state index contributed by atoms with van der Waals surface area (Å²) in [6, 6.07) is 18.8. The van der Waals surface area contributed by atoms with Gasteiger partial charge in [0.15, 0.2) is 5.78 Å². The van der Waals surface area contributed by atoms with E-state index in [2.05, 4.69) is 111 Å². The number of hydrogen-bond acceptors (Lipinski definition) is 4. The van der Waals surface area contributed by atoms with Gasteiger partial charge in [-0.05, 0) is 71.4 Å². The fourth-order valence-electron chi connectivity index (χ4n) is 8.20. The lowest BCUT2D eigenvalue weighted by molar-refractivity contribution is -0.115. The van der Waals surface area contributed by atoms with Gasteiger partial charge in [-0.25, -0.2) is 0 Å². The Bertz CT molecular complexity index is 1790. The highest BCUT2D eigenvalue weighted by molar-refractivity contribution is 6.04. The van der Waals surface area contributed by atoms with Crippen LogP contribution in [0.15, 0.2) is 79.1 Å². The third-order valence-electron chi connectivity index (χ3n) is 10.4. The van der Waals surface area contributed by atoms with Crippen LogP contribution in [0.3, 0.4) is 0 Å². The second-order valence-electron chi connectivity index (χ2n) is 17.4. The van der Waals surface area contributed by atoms with Crippen LogP contribution in [0.25, 0.3) is 0 Å². The molecule has 4 nitrogen and oxygen atoms in total. The van der Waals surface area contributed by atoms with E-state index in [1.165, 1.54) is 0 Å². The van der Waals surface area contributed by atoms with Crippen LogP contribution in [0, 0.1) is 21.7 Å². The van der Waals surface area contributed by atoms with Crippen LogP contribution < -0.4 is 9.47 Å². The summed E-state index contributed by atoms with van der Waals surface area (Å²) in [4.78, 5) is 25.5. The van der Waals surface area contributed by atoms with E-state index in [0.29, 0.717) is 36.5 Å². The molecule has 5 rings (SSSR count). The molecule has 0 fully saturated rings. The molecule has 0 radical (unpaired) electrons. The fraction of sp³-hybridized carbons (Fsp3) is 0.455. The number of carbonyl (C=O) groups excluding carboxylic acids is 2.